The summed E-state index contributed by atoms with van der Waals surface area (Å²) in [6.45, 7) is -17.5. The lowest BCUT2D eigenvalue weighted by molar-refractivity contribution is -0.230. The van der Waals surface area contributed by atoms with Crippen LogP contribution in [0.2, 0.25) is 0 Å². The van der Waals surface area contributed by atoms with Crippen LogP contribution in [0.25, 0.3) is 17.1 Å². The minimum absolute atomic E-state index is 0.0115. The van der Waals surface area contributed by atoms with E-state index in [0.717, 1.165) is 38.4 Å². The average Bonchev–Trinajstić information content (AvgIpc) is 4.13. The Bertz CT molecular complexity index is 2880. The van der Waals surface area contributed by atoms with E-state index in [0.29, 0.717) is 24.5 Å². The molecule has 71 heavy (non-hydrogen) atoms. The van der Waals surface area contributed by atoms with Crippen molar-refractivity contribution in [1.82, 2.24) is 58.9 Å². The number of aryl methyl sites for hydroxylation is 2. The molecule has 0 spiro atoms. The number of ether oxygens (including phenoxy) is 6. The largest absolute Gasteiger partial charge is 0.415 e. The molecule has 0 saturated heterocycles. The van der Waals surface area contributed by atoms with Crippen molar-refractivity contribution in [3.05, 3.63) is 62.6 Å². The summed E-state index contributed by atoms with van der Waals surface area (Å²) in [7, 11) is 0. The molecule has 0 bridgehead atoms. The second-order valence-electron chi connectivity index (χ2n) is 13.6. The SMILES string of the molecule is CCCC1=C(n2nc(OC(F)F)cc2CC)C(OC(F)F)(n2cc(Br)c(Br)n2)N(n2nc(CC)c(-n3nc(OC(F)F)cc3I)c2OC(F)F)N1n1nc(I)c(-n2nc(OC(F)F)cc2Br)c1OC(F)F. The van der Waals surface area contributed by atoms with Crippen LogP contribution >= 0.6 is 93.0 Å². The van der Waals surface area contributed by atoms with E-state index in [1.54, 1.807) is 29.5 Å². The fraction of sp³-hybridized carbons (Fsp3) is 0.412. The molecule has 37 heteroatoms. The number of halogens is 17. The zero-order valence-electron chi connectivity index (χ0n) is 35.2. The second kappa shape index (κ2) is 22.0. The fourth-order valence-corrected chi connectivity index (χ4v) is 9.31. The molecule has 7 rings (SSSR count). The Morgan fingerprint density at radius 3 is 1.68 bits per heavy atom. The van der Waals surface area contributed by atoms with Crippen molar-refractivity contribution in [2.75, 3.05) is 10.2 Å². The van der Waals surface area contributed by atoms with Crippen LogP contribution in [0, 0.1) is 7.40 Å². The van der Waals surface area contributed by atoms with Gasteiger partial charge in [-0.25, -0.2) is 18.7 Å². The van der Waals surface area contributed by atoms with Gasteiger partial charge >= 0.3 is 45.5 Å². The lowest BCUT2D eigenvalue weighted by atomic mass is 10.1. The summed E-state index contributed by atoms with van der Waals surface area (Å²) in [5.74, 6) is -7.93. The van der Waals surface area contributed by atoms with Crippen molar-refractivity contribution >= 4 is 98.7 Å². The van der Waals surface area contributed by atoms with Gasteiger partial charge in [-0.1, -0.05) is 27.2 Å². The van der Waals surface area contributed by atoms with Gasteiger partial charge in [0.15, 0.2) is 15.1 Å². The third-order valence-corrected chi connectivity index (χ3v) is 13.1. The molecule has 0 N–H and O–H groups in total. The third kappa shape index (κ3) is 10.7. The number of hydrogen-bond acceptors (Lipinski definition) is 14. The summed E-state index contributed by atoms with van der Waals surface area (Å²) in [6.07, 6.45) is 0.102. The topological polar surface area (TPSA) is 169 Å². The van der Waals surface area contributed by atoms with Gasteiger partial charge < -0.3 is 23.7 Å². The van der Waals surface area contributed by atoms with Crippen molar-refractivity contribution in [3.8, 4) is 40.8 Å². The maximum atomic E-state index is 15.9. The lowest BCUT2D eigenvalue weighted by Crippen LogP contribution is -2.65. The molecular formula is C34H27Br3F12I2N14O6. The first-order valence-corrected chi connectivity index (χ1v) is 24.1. The van der Waals surface area contributed by atoms with E-state index in [-0.39, 0.29) is 51.7 Å². The molecule has 0 fully saturated rings. The van der Waals surface area contributed by atoms with E-state index in [1.165, 1.54) is 36.4 Å². The first-order valence-electron chi connectivity index (χ1n) is 19.5. The molecule has 0 saturated carbocycles. The quantitative estimate of drug-likeness (QED) is 0.0465. The van der Waals surface area contributed by atoms with Crippen LogP contribution in [0.5, 0.6) is 29.4 Å². The predicted octanol–water partition coefficient (Wildman–Crippen LogP) is 10.2. The molecule has 388 valence electrons. The summed E-state index contributed by atoms with van der Waals surface area (Å²) in [6, 6.07) is 2.87. The second-order valence-corrected chi connectivity index (χ2v) is 18.1. The van der Waals surface area contributed by atoms with Crippen LogP contribution in [-0.4, -0.2) is 98.6 Å². The highest BCUT2D eigenvalue weighted by atomic mass is 127. The first-order chi connectivity index (χ1) is 33.5. The standard InChI is InChI=1S/C34H27Br3F12I2N14O6/c1-4-7-15-23(59-12(5-2)8-18(53-59)66-28(38)39)34(71-33(48)49,58-11-13(35)24(37)56-58)65(63-26(69-31(44)45)21(14(6-3)52-63)61-17(50)10-20(55-61)68-30(42)43)64(15)62-27(70-32(46)47)22(25(51)57-62)60-16(36)9-19(54-60)67-29(40)41/h8-11,28-33H,4-7H2,1-3H3. The van der Waals surface area contributed by atoms with Crippen LogP contribution in [0.1, 0.15) is 45.0 Å². The highest BCUT2D eigenvalue weighted by Crippen LogP contribution is 2.50. The fourth-order valence-electron chi connectivity index (χ4n) is 7.03. The Morgan fingerprint density at radius 2 is 1.15 bits per heavy atom. The Morgan fingerprint density at radius 1 is 0.606 bits per heavy atom. The first kappa shape index (κ1) is 54.4. The van der Waals surface area contributed by atoms with E-state index < -0.39 is 104 Å². The Kier molecular flexibility index (Phi) is 16.8. The molecule has 1 aliphatic rings. The summed E-state index contributed by atoms with van der Waals surface area (Å²) in [5.41, 5.74) is -2.69. The number of hydrogen-bond donors (Lipinski definition) is 0. The van der Waals surface area contributed by atoms with Crippen LogP contribution in [0.4, 0.5) is 52.7 Å². The van der Waals surface area contributed by atoms with Gasteiger partial charge in [-0.3, -0.25) is 4.74 Å². The van der Waals surface area contributed by atoms with Gasteiger partial charge in [-0.2, -0.15) is 57.8 Å². The van der Waals surface area contributed by atoms with E-state index in [4.69, 9.17) is 14.2 Å². The smallest absolute Gasteiger partial charge is 0.388 e. The van der Waals surface area contributed by atoms with Crippen molar-refractivity contribution in [3.63, 3.8) is 0 Å². The van der Waals surface area contributed by atoms with Gasteiger partial charge in [0.25, 0.3) is 11.8 Å². The maximum absolute atomic E-state index is 15.9. The Balaban J connectivity index is 1.73. The Labute approximate surface area is 441 Å². The molecule has 0 aromatic carbocycles. The minimum atomic E-state index is -3.99. The van der Waals surface area contributed by atoms with Crippen molar-refractivity contribution in [1.29, 1.82) is 0 Å². The summed E-state index contributed by atoms with van der Waals surface area (Å²) >= 11 is 12.6. The minimum Gasteiger partial charge on any atom is -0.415 e. The predicted molar refractivity (Wildman–Crippen MR) is 243 cm³/mol. The molecule has 1 aliphatic heterocycles. The molecule has 1 atom stereocenters. The van der Waals surface area contributed by atoms with Gasteiger partial charge in [0.05, 0.1) is 15.9 Å². The summed E-state index contributed by atoms with van der Waals surface area (Å²) in [5, 5.41) is 26.4. The molecule has 0 aliphatic carbocycles. The summed E-state index contributed by atoms with van der Waals surface area (Å²) in [4.78, 5) is 0.849. The number of nitrogens with zero attached hydrogens (tertiary/aromatic N) is 14. The van der Waals surface area contributed by atoms with Gasteiger partial charge in [0, 0.05) is 30.1 Å². The maximum Gasteiger partial charge on any atom is 0.388 e. The number of allylic oxidation sites excluding steroid dienone is 1. The third-order valence-electron chi connectivity index (χ3n) is 9.36. The van der Waals surface area contributed by atoms with Crippen molar-refractivity contribution in [2.24, 2.45) is 0 Å². The van der Waals surface area contributed by atoms with Gasteiger partial charge in [-0.05, 0) is 112 Å². The van der Waals surface area contributed by atoms with Gasteiger partial charge in [0.1, 0.15) is 18.6 Å². The number of aromatic nitrogens is 12. The molecule has 6 aromatic heterocycles. The van der Waals surface area contributed by atoms with Crippen LogP contribution in [0.15, 0.2) is 43.8 Å². The van der Waals surface area contributed by atoms with E-state index in [1.807, 2.05) is 0 Å². The molecule has 1 unspecified atom stereocenters. The van der Waals surface area contributed by atoms with Gasteiger partial charge in [0.2, 0.25) is 17.6 Å². The average molecular weight is 1450 g/mol. The van der Waals surface area contributed by atoms with Crippen molar-refractivity contribution in [2.45, 2.75) is 92.0 Å². The molecule has 6 aromatic rings. The monoisotopic (exact) mass is 1450 g/mol. The van der Waals surface area contributed by atoms with Crippen molar-refractivity contribution < 1.29 is 81.1 Å². The van der Waals surface area contributed by atoms with E-state index >= 15 is 17.6 Å². The van der Waals surface area contributed by atoms with Crippen LogP contribution < -0.4 is 33.9 Å². The zero-order valence-corrected chi connectivity index (χ0v) is 44.3. The lowest BCUT2D eigenvalue weighted by Gasteiger charge is -2.42. The van der Waals surface area contributed by atoms with Crippen LogP contribution in [-0.2, 0) is 23.4 Å². The number of alkyl halides is 12. The van der Waals surface area contributed by atoms with E-state index in [9.17, 15) is 35.1 Å². The Hall–Kier alpha value is -4.38. The van der Waals surface area contributed by atoms with Gasteiger partial charge in [-0.15, -0.1) is 45.3 Å². The zero-order chi connectivity index (χ0) is 52.0. The normalized spacial score (nSPS) is 15.5. The molecule has 20 nitrogen and oxygen atoms in total. The molecule has 0 amide bonds. The number of hydrazine groups is 1. The van der Waals surface area contributed by atoms with Crippen LogP contribution in [0.3, 0.4) is 0 Å². The van der Waals surface area contributed by atoms with E-state index in [2.05, 4.69) is 92.6 Å². The number of rotatable bonds is 22. The highest BCUT2D eigenvalue weighted by molar-refractivity contribution is 14.1. The summed E-state index contributed by atoms with van der Waals surface area (Å²) < 4.78 is 205. The molecule has 7 heterocycles. The molecule has 0 radical (unpaired) electrons. The molecular weight excluding hydrogens is 1420 g/mol. The highest BCUT2D eigenvalue weighted by Gasteiger charge is 2.63.